The van der Waals surface area contributed by atoms with Gasteiger partial charge in [0.25, 0.3) is 0 Å². The van der Waals surface area contributed by atoms with Crippen molar-refractivity contribution in [2.24, 2.45) is 0 Å². The smallest absolute Gasteiger partial charge is 0.129 e. The highest BCUT2D eigenvalue weighted by molar-refractivity contribution is 9.10. The zero-order valence-corrected chi connectivity index (χ0v) is 13.8. The van der Waals surface area contributed by atoms with Crippen molar-refractivity contribution < 1.29 is 9.13 Å². The SMILES string of the molecule is CCOCc1ccccc1NC(C)c1ccc(Br)cc1F. The lowest BCUT2D eigenvalue weighted by Crippen LogP contribution is -2.10. The van der Waals surface area contributed by atoms with E-state index < -0.39 is 0 Å². The van der Waals surface area contributed by atoms with Crippen LogP contribution in [-0.4, -0.2) is 6.61 Å². The summed E-state index contributed by atoms with van der Waals surface area (Å²) in [5.41, 5.74) is 2.69. The van der Waals surface area contributed by atoms with Crippen LogP contribution >= 0.6 is 15.9 Å². The van der Waals surface area contributed by atoms with Gasteiger partial charge in [-0.1, -0.05) is 40.2 Å². The minimum Gasteiger partial charge on any atom is -0.378 e. The molecule has 0 aromatic heterocycles. The lowest BCUT2D eigenvalue weighted by Gasteiger charge is -2.19. The van der Waals surface area contributed by atoms with E-state index in [9.17, 15) is 4.39 Å². The topological polar surface area (TPSA) is 21.3 Å². The highest BCUT2D eigenvalue weighted by Crippen LogP contribution is 2.26. The van der Waals surface area contributed by atoms with Crippen LogP contribution in [0.15, 0.2) is 46.9 Å². The minimum atomic E-state index is -0.216. The Balaban J connectivity index is 2.17. The maximum Gasteiger partial charge on any atom is 0.129 e. The Morgan fingerprint density at radius 2 is 2.00 bits per heavy atom. The van der Waals surface area contributed by atoms with Gasteiger partial charge in [0.05, 0.1) is 12.6 Å². The maximum absolute atomic E-state index is 14.0. The van der Waals surface area contributed by atoms with Crippen molar-refractivity contribution in [2.75, 3.05) is 11.9 Å². The predicted octanol–water partition coefficient (Wildman–Crippen LogP) is 5.30. The van der Waals surface area contributed by atoms with Crippen LogP contribution in [0.4, 0.5) is 10.1 Å². The van der Waals surface area contributed by atoms with Crippen LogP contribution in [0.2, 0.25) is 0 Å². The van der Waals surface area contributed by atoms with Gasteiger partial charge in [0.2, 0.25) is 0 Å². The average molecular weight is 352 g/mol. The molecule has 0 saturated carbocycles. The molecule has 2 nitrogen and oxygen atoms in total. The molecule has 0 aliphatic carbocycles. The molecule has 2 aromatic rings. The zero-order chi connectivity index (χ0) is 15.2. The quantitative estimate of drug-likeness (QED) is 0.762. The van der Waals surface area contributed by atoms with Crippen molar-refractivity contribution in [3.8, 4) is 0 Å². The number of hydrogen-bond donors (Lipinski definition) is 1. The number of anilines is 1. The first-order chi connectivity index (χ1) is 10.1. The Morgan fingerprint density at radius 1 is 1.24 bits per heavy atom. The van der Waals surface area contributed by atoms with Gasteiger partial charge in [0, 0.05) is 27.9 Å². The van der Waals surface area contributed by atoms with E-state index >= 15 is 0 Å². The fourth-order valence-corrected chi connectivity index (χ4v) is 2.50. The molecule has 1 N–H and O–H groups in total. The molecule has 1 atom stereocenters. The van der Waals surface area contributed by atoms with Crippen LogP contribution in [-0.2, 0) is 11.3 Å². The molecule has 112 valence electrons. The normalized spacial score (nSPS) is 12.2. The van der Waals surface area contributed by atoms with Crippen LogP contribution in [0.25, 0.3) is 0 Å². The molecular weight excluding hydrogens is 333 g/mol. The van der Waals surface area contributed by atoms with E-state index in [1.165, 1.54) is 6.07 Å². The van der Waals surface area contributed by atoms with E-state index in [-0.39, 0.29) is 11.9 Å². The van der Waals surface area contributed by atoms with E-state index in [4.69, 9.17) is 4.74 Å². The standard InChI is InChI=1S/C17H19BrFNO/c1-3-21-11-13-6-4-5-7-17(13)20-12(2)15-9-8-14(18)10-16(15)19/h4-10,12,20H,3,11H2,1-2H3. The van der Waals surface area contributed by atoms with Gasteiger partial charge >= 0.3 is 0 Å². The van der Waals surface area contributed by atoms with Gasteiger partial charge < -0.3 is 10.1 Å². The first-order valence-electron chi connectivity index (χ1n) is 6.99. The van der Waals surface area contributed by atoms with Crippen molar-refractivity contribution >= 4 is 21.6 Å². The number of para-hydroxylation sites is 1. The second-order valence-electron chi connectivity index (χ2n) is 4.83. The van der Waals surface area contributed by atoms with E-state index in [0.29, 0.717) is 18.8 Å². The van der Waals surface area contributed by atoms with E-state index in [1.807, 2.05) is 44.2 Å². The van der Waals surface area contributed by atoms with Crippen LogP contribution in [0, 0.1) is 5.82 Å². The molecule has 4 heteroatoms. The molecule has 0 amide bonds. The third-order valence-corrected chi connectivity index (χ3v) is 3.77. The molecule has 21 heavy (non-hydrogen) atoms. The average Bonchev–Trinajstić information content (AvgIpc) is 2.46. The fraction of sp³-hybridized carbons (Fsp3) is 0.294. The summed E-state index contributed by atoms with van der Waals surface area (Å²) in [4.78, 5) is 0. The lowest BCUT2D eigenvalue weighted by molar-refractivity contribution is 0.134. The third kappa shape index (κ3) is 4.29. The number of hydrogen-bond acceptors (Lipinski definition) is 2. The van der Waals surface area contributed by atoms with Crippen molar-refractivity contribution in [1.82, 2.24) is 0 Å². The molecule has 0 saturated heterocycles. The summed E-state index contributed by atoms with van der Waals surface area (Å²) in [6, 6.07) is 12.9. The van der Waals surface area contributed by atoms with Crippen LogP contribution in [0.5, 0.6) is 0 Å². The number of rotatable bonds is 6. The van der Waals surface area contributed by atoms with Crippen molar-refractivity contribution in [3.63, 3.8) is 0 Å². The molecule has 0 bridgehead atoms. The van der Waals surface area contributed by atoms with Gasteiger partial charge in [0.15, 0.2) is 0 Å². The summed E-state index contributed by atoms with van der Waals surface area (Å²) in [6.45, 7) is 5.14. The van der Waals surface area contributed by atoms with Gasteiger partial charge in [-0.25, -0.2) is 4.39 Å². The third-order valence-electron chi connectivity index (χ3n) is 3.28. The van der Waals surface area contributed by atoms with E-state index in [1.54, 1.807) is 6.07 Å². The first kappa shape index (κ1) is 16.0. The van der Waals surface area contributed by atoms with E-state index in [2.05, 4.69) is 21.2 Å². The number of ether oxygens (including phenoxy) is 1. The summed E-state index contributed by atoms with van der Waals surface area (Å²) >= 11 is 3.28. The maximum atomic E-state index is 14.0. The minimum absolute atomic E-state index is 0.124. The summed E-state index contributed by atoms with van der Waals surface area (Å²) in [5, 5.41) is 3.36. The second-order valence-corrected chi connectivity index (χ2v) is 5.74. The molecule has 0 radical (unpaired) electrons. The van der Waals surface area contributed by atoms with Crippen molar-refractivity contribution in [1.29, 1.82) is 0 Å². The summed E-state index contributed by atoms with van der Waals surface area (Å²) in [6.07, 6.45) is 0. The number of nitrogens with one attached hydrogen (secondary N) is 1. The summed E-state index contributed by atoms with van der Waals surface area (Å²) < 4.78 is 20.2. The molecule has 0 heterocycles. The Morgan fingerprint density at radius 3 is 2.71 bits per heavy atom. The molecule has 2 aromatic carbocycles. The van der Waals surface area contributed by atoms with Crippen LogP contribution < -0.4 is 5.32 Å². The van der Waals surface area contributed by atoms with Crippen LogP contribution in [0.1, 0.15) is 31.0 Å². The number of benzene rings is 2. The van der Waals surface area contributed by atoms with Gasteiger partial charge in [-0.2, -0.15) is 0 Å². The van der Waals surface area contributed by atoms with Gasteiger partial charge in [0.1, 0.15) is 5.82 Å². The second kappa shape index (κ2) is 7.57. The Labute approximate surface area is 133 Å². The molecule has 0 aliphatic heterocycles. The van der Waals surface area contributed by atoms with E-state index in [0.717, 1.165) is 15.7 Å². The monoisotopic (exact) mass is 351 g/mol. The molecule has 1 unspecified atom stereocenters. The largest absolute Gasteiger partial charge is 0.378 e. The Kier molecular flexibility index (Phi) is 5.76. The first-order valence-corrected chi connectivity index (χ1v) is 7.78. The fourth-order valence-electron chi connectivity index (χ4n) is 2.16. The summed E-state index contributed by atoms with van der Waals surface area (Å²) in [5.74, 6) is -0.216. The van der Waals surface area contributed by atoms with Crippen LogP contribution in [0.3, 0.4) is 0 Å². The Hall–Kier alpha value is -1.39. The highest BCUT2D eigenvalue weighted by Gasteiger charge is 2.12. The lowest BCUT2D eigenvalue weighted by atomic mass is 10.1. The zero-order valence-electron chi connectivity index (χ0n) is 12.2. The molecule has 0 fully saturated rings. The molecular formula is C17H19BrFNO. The van der Waals surface area contributed by atoms with Crippen molar-refractivity contribution in [2.45, 2.75) is 26.5 Å². The molecule has 0 aliphatic rings. The van der Waals surface area contributed by atoms with Gasteiger partial charge in [-0.15, -0.1) is 0 Å². The Bertz CT molecular complexity index is 603. The van der Waals surface area contributed by atoms with Gasteiger partial charge in [-0.3, -0.25) is 0 Å². The van der Waals surface area contributed by atoms with Gasteiger partial charge in [-0.05, 0) is 32.0 Å². The predicted molar refractivity (Wildman–Crippen MR) is 87.9 cm³/mol. The summed E-state index contributed by atoms with van der Waals surface area (Å²) in [7, 11) is 0. The highest BCUT2D eigenvalue weighted by atomic mass is 79.9. The van der Waals surface area contributed by atoms with Crippen molar-refractivity contribution in [3.05, 3.63) is 63.9 Å². The molecule has 0 spiro atoms. The molecule has 2 rings (SSSR count). The number of halogens is 2.